The lowest BCUT2D eigenvalue weighted by Crippen LogP contribution is -2.31. The minimum absolute atomic E-state index is 0.141. The van der Waals surface area contributed by atoms with Gasteiger partial charge in [0.1, 0.15) is 12.4 Å². The standard InChI is InChI=1S/C22H22F3N7O/c1-2-3-8-19-28-32(14-22(23,24)25)21(33)31(19)13-15-9-11-16(12-10-15)17-6-4-5-7-18(17)20-26-29-30-27-20/h4-7,9-12H,2-3,8,13-14H2,1H3,(H,26,27,29,30). The molecule has 0 amide bonds. The van der Waals surface area contributed by atoms with Crippen molar-refractivity contribution in [3.8, 4) is 22.5 Å². The lowest BCUT2D eigenvalue weighted by Gasteiger charge is -2.09. The van der Waals surface area contributed by atoms with Gasteiger partial charge >= 0.3 is 11.9 Å². The molecule has 4 rings (SSSR count). The van der Waals surface area contributed by atoms with Gasteiger partial charge in [0, 0.05) is 12.0 Å². The molecular weight excluding hydrogens is 435 g/mol. The predicted octanol–water partition coefficient (Wildman–Crippen LogP) is 3.85. The van der Waals surface area contributed by atoms with Crippen molar-refractivity contribution >= 4 is 0 Å². The lowest BCUT2D eigenvalue weighted by atomic mass is 9.98. The predicted molar refractivity (Wildman–Crippen MR) is 115 cm³/mol. The second kappa shape index (κ2) is 9.39. The van der Waals surface area contributed by atoms with Gasteiger partial charge in [0.2, 0.25) is 5.82 Å². The Morgan fingerprint density at radius 2 is 1.76 bits per heavy atom. The fraction of sp³-hybridized carbons (Fsp3) is 0.318. The molecule has 0 spiro atoms. The van der Waals surface area contributed by atoms with Gasteiger partial charge in [-0.3, -0.25) is 4.57 Å². The second-order valence-corrected chi connectivity index (χ2v) is 7.64. The van der Waals surface area contributed by atoms with Gasteiger partial charge in [-0.25, -0.2) is 9.48 Å². The van der Waals surface area contributed by atoms with E-state index in [0.717, 1.165) is 35.1 Å². The van der Waals surface area contributed by atoms with Crippen LogP contribution in [0.4, 0.5) is 13.2 Å². The van der Waals surface area contributed by atoms with Crippen molar-refractivity contribution in [1.29, 1.82) is 0 Å². The first-order chi connectivity index (χ1) is 15.9. The first kappa shape index (κ1) is 22.4. The van der Waals surface area contributed by atoms with Gasteiger partial charge in [-0.05, 0) is 28.3 Å². The van der Waals surface area contributed by atoms with Gasteiger partial charge in [0.15, 0.2) is 0 Å². The number of rotatable bonds is 8. The van der Waals surface area contributed by atoms with Crippen molar-refractivity contribution in [2.75, 3.05) is 0 Å². The van der Waals surface area contributed by atoms with Crippen LogP contribution in [0.3, 0.4) is 0 Å². The van der Waals surface area contributed by atoms with E-state index >= 15 is 0 Å². The van der Waals surface area contributed by atoms with Crippen molar-refractivity contribution in [2.45, 2.75) is 45.5 Å². The highest BCUT2D eigenvalue weighted by molar-refractivity contribution is 5.80. The highest BCUT2D eigenvalue weighted by atomic mass is 19.4. The maximum atomic E-state index is 12.9. The number of unbranched alkanes of at least 4 members (excludes halogenated alkanes) is 1. The highest BCUT2D eigenvalue weighted by Gasteiger charge is 2.30. The quantitative estimate of drug-likeness (QED) is 0.434. The van der Waals surface area contributed by atoms with E-state index in [2.05, 4.69) is 25.7 Å². The van der Waals surface area contributed by atoms with Crippen LogP contribution in [0.5, 0.6) is 0 Å². The van der Waals surface area contributed by atoms with Crippen LogP contribution >= 0.6 is 0 Å². The minimum atomic E-state index is -4.52. The number of aromatic amines is 1. The van der Waals surface area contributed by atoms with E-state index < -0.39 is 18.4 Å². The number of aryl methyl sites for hydroxylation is 1. The molecule has 0 fully saturated rings. The number of alkyl halides is 3. The maximum Gasteiger partial charge on any atom is 0.408 e. The van der Waals surface area contributed by atoms with Crippen LogP contribution in [-0.2, 0) is 19.5 Å². The highest BCUT2D eigenvalue weighted by Crippen LogP contribution is 2.29. The molecule has 0 saturated heterocycles. The summed E-state index contributed by atoms with van der Waals surface area (Å²) in [5.41, 5.74) is 2.65. The molecule has 0 aliphatic rings. The molecule has 0 unspecified atom stereocenters. The Morgan fingerprint density at radius 1 is 1.03 bits per heavy atom. The molecule has 0 saturated carbocycles. The summed E-state index contributed by atoms with van der Waals surface area (Å²) in [6.45, 7) is 0.715. The van der Waals surface area contributed by atoms with Gasteiger partial charge < -0.3 is 0 Å². The third kappa shape index (κ3) is 5.18. The Kier molecular flexibility index (Phi) is 6.38. The number of benzene rings is 2. The van der Waals surface area contributed by atoms with Gasteiger partial charge in [0.25, 0.3) is 0 Å². The van der Waals surface area contributed by atoms with Crippen molar-refractivity contribution in [3.05, 3.63) is 70.4 Å². The summed E-state index contributed by atoms with van der Waals surface area (Å²) < 4.78 is 40.4. The normalized spacial score (nSPS) is 11.8. The maximum absolute atomic E-state index is 12.9. The van der Waals surface area contributed by atoms with E-state index in [1.165, 1.54) is 4.57 Å². The van der Waals surface area contributed by atoms with Crippen molar-refractivity contribution in [2.24, 2.45) is 0 Å². The van der Waals surface area contributed by atoms with E-state index in [1.54, 1.807) is 0 Å². The average molecular weight is 457 g/mol. The summed E-state index contributed by atoms with van der Waals surface area (Å²) in [5.74, 6) is 0.830. The average Bonchev–Trinajstić information content (AvgIpc) is 3.42. The number of tetrazole rings is 1. The molecule has 1 N–H and O–H groups in total. The van der Waals surface area contributed by atoms with E-state index in [9.17, 15) is 18.0 Å². The Bertz CT molecular complexity index is 1260. The zero-order valence-electron chi connectivity index (χ0n) is 17.9. The zero-order chi connectivity index (χ0) is 23.4. The van der Waals surface area contributed by atoms with Gasteiger partial charge in [-0.15, -0.1) is 10.2 Å². The molecule has 11 heteroatoms. The molecule has 0 radical (unpaired) electrons. The molecule has 0 atom stereocenters. The molecule has 33 heavy (non-hydrogen) atoms. The van der Waals surface area contributed by atoms with Gasteiger partial charge in [-0.2, -0.15) is 23.5 Å². The Labute approximate surface area is 187 Å². The van der Waals surface area contributed by atoms with E-state index in [1.807, 2.05) is 55.5 Å². The SMILES string of the molecule is CCCCc1nn(CC(F)(F)F)c(=O)n1Cc1ccc(-c2ccccc2-c2nn[nH]n2)cc1. The number of nitrogens with zero attached hydrogens (tertiary/aromatic N) is 6. The van der Waals surface area contributed by atoms with Crippen molar-refractivity contribution < 1.29 is 13.2 Å². The number of hydrogen-bond donors (Lipinski definition) is 1. The first-order valence-electron chi connectivity index (χ1n) is 10.5. The minimum Gasteiger partial charge on any atom is -0.274 e. The summed E-state index contributed by atoms with van der Waals surface area (Å²) in [6.07, 6.45) is -2.51. The van der Waals surface area contributed by atoms with Crippen molar-refractivity contribution in [3.63, 3.8) is 0 Å². The monoisotopic (exact) mass is 457 g/mol. The molecule has 172 valence electrons. The van der Waals surface area contributed by atoms with E-state index in [4.69, 9.17) is 0 Å². The summed E-state index contributed by atoms with van der Waals surface area (Å²) in [4.78, 5) is 12.6. The number of aromatic nitrogens is 7. The van der Waals surface area contributed by atoms with Crippen LogP contribution in [-0.4, -0.2) is 41.1 Å². The molecule has 0 aliphatic heterocycles. The van der Waals surface area contributed by atoms with Crippen molar-refractivity contribution in [1.82, 2.24) is 35.0 Å². The van der Waals surface area contributed by atoms with Crippen LogP contribution in [0.1, 0.15) is 31.2 Å². The van der Waals surface area contributed by atoms with Crippen LogP contribution in [0, 0.1) is 0 Å². The van der Waals surface area contributed by atoms with E-state index in [-0.39, 0.29) is 6.54 Å². The number of nitrogens with one attached hydrogen (secondary N) is 1. The summed E-state index contributed by atoms with van der Waals surface area (Å²) >= 11 is 0. The fourth-order valence-electron chi connectivity index (χ4n) is 3.62. The smallest absolute Gasteiger partial charge is 0.274 e. The topological polar surface area (TPSA) is 94.3 Å². The number of hydrogen-bond acceptors (Lipinski definition) is 5. The second-order valence-electron chi connectivity index (χ2n) is 7.64. The third-order valence-electron chi connectivity index (χ3n) is 5.20. The van der Waals surface area contributed by atoms with Gasteiger partial charge in [-0.1, -0.05) is 61.9 Å². The molecule has 0 bridgehead atoms. The van der Waals surface area contributed by atoms with Crippen LogP contribution in [0.2, 0.25) is 0 Å². The summed E-state index contributed by atoms with van der Waals surface area (Å²) in [5, 5.41) is 18.1. The molecule has 2 aromatic carbocycles. The molecule has 0 aliphatic carbocycles. The van der Waals surface area contributed by atoms with E-state index in [0.29, 0.717) is 22.8 Å². The van der Waals surface area contributed by atoms with Crippen LogP contribution < -0.4 is 5.69 Å². The Morgan fingerprint density at radius 3 is 2.39 bits per heavy atom. The number of halogens is 3. The summed E-state index contributed by atoms with van der Waals surface area (Å²) in [7, 11) is 0. The van der Waals surface area contributed by atoms with Crippen LogP contribution in [0.25, 0.3) is 22.5 Å². The molecule has 4 aromatic rings. The fourth-order valence-corrected chi connectivity index (χ4v) is 3.62. The molecular formula is C22H22F3N7O. The van der Waals surface area contributed by atoms with Crippen LogP contribution in [0.15, 0.2) is 53.3 Å². The summed E-state index contributed by atoms with van der Waals surface area (Å²) in [6, 6.07) is 15.1. The largest absolute Gasteiger partial charge is 0.408 e. The Balaban J connectivity index is 1.62. The van der Waals surface area contributed by atoms with Gasteiger partial charge in [0.05, 0.1) is 6.54 Å². The molecule has 2 aromatic heterocycles. The molecule has 2 heterocycles. The number of H-pyrrole nitrogens is 1. The first-order valence-corrected chi connectivity index (χ1v) is 10.5. The molecule has 8 nitrogen and oxygen atoms in total. The lowest BCUT2D eigenvalue weighted by molar-refractivity contribution is -0.143. The Hall–Kier alpha value is -3.76. The zero-order valence-corrected chi connectivity index (χ0v) is 17.9. The third-order valence-corrected chi connectivity index (χ3v) is 5.20.